The molecule has 0 radical (unpaired) electrons. The second-order valence-corrected chi connectivity index (χ2v) is 3.17. The molecule has 6 nitrogen and oxygen atoms in total. The van der Waals surface area contributed by atoms with Gasteiger partial charge in [0.1, 0.15) is 12.6 Å². The summed E-state index contributed by atoms with van der Waals surface area (Å²) >= 11 is 0. The molecule has 0 aromatic carbocycles. The largest absolute Gasteiger partial charge is 0.480 e. The number of ether oxygens (including phenoxy) is 1. The first-order chi connectivity index (χ1) is 6.61. The van der Waals surface area contributed by atoms with E-state index in [0.717, 1.165) is 0 Å². The highest BCUT2D eigenvalue weighted by Gasteiger charge is 2.20. The number of carbonyl (C=O) groups is 2. The Hall–Kier alpha value is -1.14. The summed E-state index contributed by atoms with van der Waals surface area (Å²) in [5.41, 5.74) is 5.31. The van der Waals surface area contributed by atoms with E-state index in [1.54, 1.807) is 4.90 Å². The van der Waals surface area contributed by atoms with Crippen molar-refractivity contribution in [1.29, 1.82) is 0 Å². The zero-order valence-electron chi connectivity index (χ0n) is 7.81. The van der Waals surface area contributed by atoms with Gasteiger partial charge in [-0.15, -0.1) is 0 Å². The summed E-state index contributed by atoms with van der Waals surface area (Å²) in [5.74, 6) is -1.14. The first kappa shape index (κ1) is 10.9. The molecule has 1 aliphatic heterocycles. The number of hydrogen-bond donors (Lipinski definition) is 2. The Balaban J connectivity index is 2.29. The number of aliphatic carboxylic acids is 1. The van der Waals surface area contributed by atoms with E-state index >= 15 is 0 Å². The van der Waals surface area contributed by atoms with Crippen LogP contribution in [0.4, 0.5) is 0 Å². The molecule has 3 N–H and O–H groups in total. The number of morpholine rings is 1. The van der Waals surface area contributed by atoms with E-state index in [1.165, 1.54) is 0 Å². The first-order valence-corrected chi connectivity index (χ1v) is 4.45. The highest BCUT2D eigenvalue weighted by atomic mass is 16.5. The number of rotatable bonds is 4. The minimum Gasteiger partial charge on any atom is -0.480 e. The van der Waals surface area contributed by atoms with Gasteiger partial charge in [-0.1, -0.05) is 0 Å². The zero-order valence-corrected chi connectivity index (χ0v) is 7.81. The van der Waals surface area contributed by atoms with Crippen LogP contribution in [0.25, 0.3) is 0 Å². The van der Waals surface area contributed by atoms with Crippen LogP contribution in [0.1, 0.15) is 6.42 Å². The van der Waals surface area contributed by atoms with Gasteiger partial charge in [0, 0.05) is 13.1 Å². The Morgan fingerprint density at radius 2 is 2.43 bits per heavy atom. The van der Waals surface area contributed by atoms with Gasteiger partial charge in [0.05, 0.1) is 6.61 Å². The molecule has 1 aliphatic rings. The third-order valence-corrected chi connectivity index (χ3v) is 2.11. The van der Waals surface area contributed by atoms with Gasteiger partial charge in [0.25, 0.3) is 0 Å². The van der Waals surface area contributed by atoms with Crippen molar-refractivity contribution >= 4 is 11.9 Å². The minimum atomic E-state index is -1.04. The number of nitrogens with zero attached hydrogens (tertiary/aromatic N) is 1. The predicted octanol–water partition coefficient (Wildman–Crippen LogP) is -1.35. The SMILES string of the molecule is NC(CCN1CCOCC1=O)C(=O)O. The van der Waals surface area contributed by atoms with Crippen molar-refractivity contribution in [2.45, 2.75) is 12.5 Å². The summed E-state index contributed by atoms with van der Waals surface area (Å²) in [4.78, 5) is 23.2. The number of carboxylic acid groups (broad SMARTS) is 1. The molecule has 1 saturated heterocycles. The number of carboxylic acids is 1. The van der Waals surface area contributed by atoms with Crippen molar-refractivity contribution in [2.24, 2.45) is 5.73 Å². The third kappa shape index (κ3) is 2.97. The molecule has 1 amide bonds. The van der Waals surface area contributed by atoms with Crippen LogP contribution in [0.15, 0.2) is 0 Å². The predicted molar refractivity (Wildman–Crippen MR) is 47.6 cm³/mol. The van der Waals surface area contributed by atoms with E-state index in [1.807, 2.05) is 0 Å². The third-order valence-electron chi connectivity index (χ3n) is 2.11. The Morgan fingerprint density at radius 3 is 3.00 bits per heavy atom. The molecule has 1 atom stereocenters. The van der Waals surface area contributed by atoms with Crippen LogP contribution in [0.2, 0.25) is 0 Å². The molecule has 1 heterocycles. The molecular weight excluding hydrogens is 188 g/mol. The highest BCUT2D eigenvalue weighted by Crippen LogP contribution is 2.01. The van der Waals surface area contributed by atoms with Gasteiger partial charge in [-0.25, -0.2) is 0 Å². The molecule has 1 rings (SSSR count). The summed E-state index contributed by atoms with van der Waals surface area (Å²) in [6, 6.07) is -0.898. The highest BCUT2D eigenvalue weighted by molar-refractivity contribution is 5.78. The quantitative estimate of drug-likeness (QED) is 0.587. The van der Waals surface area contributed by atoms with Crippen LogP contribution < -0.4 is 5.73 Å². The molecule has 0 spiro atoms. The molecule has 80 valence electrons. The van der Waals surface area contributed by atoms with Crippen molar-refractivity contribution < 1.29 is 19.4 Å². The monoisotopic (exact) mass is 202 g/mol. The summed E-state index contributed by atoms with van der Waals surface area (Å²) in [5, 5.41) is 8.52. The van der Waals surface area contributed by atoms with E-state index in [4.69, 9.17) is 15.6 Å². The standard InChI is InChI=1S/C8H14N2O4/c9-6(8(12)13)1-2-10-3-4-14-5-7(10)11/h6H,1-5,9H2,(H,12,13). The molecule has 1 fully saturated rings. The molecule has 0 aliphatic carbocycles. The zero-order chi connectivity index (χ0) is 10.6. The van der Waals surface area contributed by atoms with Crippen molar-refractivity contribution in [2.75, 3.05) is 26.3 Å². The fourth-order valence-electron chi connectivity index (χ4n) is 1.21. The molecule has 0 saturated carbocycles. The Morgan fingerprint density at radius 1 is 1.71 bits per heavy atom. The van der Waals surface area contributed by atoms with Gasteiger partial charge in [0.15, 0.2) is 0 Å². The van der Waals surface area contributed by atoms with Gasteiger partial charge < -0.3 is 20.5 Å². The smallest absolute Gasteiger partial charge is 0.320 e. The van der Waals surface area contributed by atoms with Crippen LogP contribution in [-0.2, 0) is 14.3 Å². The van der Waals surface area contributed by atoms with E-state index in [2.05, 4.69) is 0 Å². The maximum Gasteiger partial charge on any atom is 0.320 e. The van der Waals surface area contributed by atoms with Crippen molar-refractivity contribution in [1.82, 2.24) is 4.90 Å². The Bertz CT molecular complexity index is 231. The molecule has 0 aromatic rings. The van der Waals surface area contributed by atoms with E-state index in [9.17, 15) is 9.59 Å². The summed E-state index contributed by atoms with van der Waals surface area (Å²) in [6.45, 7) is 1.50. The fraction of sp³-hybridized carbons (Fsp3) is 0.750. The molecule has 1 unspecified atom stereocenters. The van der Waals surface area contributed by atoms with Crippen molar-refractivity contribution in [3.05, 3.63) is 0 Å². The maximum absolute atomic E-state index is 11.2. The van der Waals surface area contributed by atoms with E-state index in [-0.39, 0.29) is 18.9 Å². The van der Waals surface area contributed by atoms with Crippen LogP contribution in [0.5, 0.6) is 0 Å². The lowest BCUT2D eigenvalue weighted by molar-refractivity contribution is -0.144. The number of amides is 1. The van der Waals surface area contributed by atoms with E-state index in [0.29, 0.717) is 19.7 Å². The average molecular weight is 202 g/mol. The maximum atomic E-state index is 11.2. The second kappa shape index (κ2) is 4.92. The van der Waals surface area contributed by atoms with Crippen LogP contribution in [-0.4, -0.2) is 54.2 Å². The number of carbonyl (C=O) groups excluding carboxylic acids is 1. The van der Waals surface area contributed by atoms with Gasteiger partial charge in [-0.3, -0.25) is 9.59 Å². The van der Waals surface area contributed by atoms with Gasteiger partial charge in [-0.05, 0) is 6.42 Å². The summed E-state index contributed by atoms with van der Waals surface area (Å²) in [7, 11) is 0. The molecule has 14 heavy (non-hydrogen) atoms. The lowest BCUT2D eigenvalue weighted by Gasteiger charge is -2.27. The van der Waals surface area contributed by atoms with Gasteiger partial charge in [-0.2, -0.15) is 0 Å². The first-order valence-electron chi connectivity index (χ1n) is 4.45. The molecule has 0 bridgehead atoms. The topological polar surface area (TPSA) is 92.9 Å². The minimum absolute atomic E-state index is 0.0856. The Labute approximate surface area is 81.6 Å². The van der Waals surface area contributed by atoms with Crippen LogP contribution in [0, 0.1) is 0 Å². The number of nitrogens with two attached hydrogens (primary N) is 1. The Kier molecular flexibility index (Phi) is 3.84. The average Bonchev–Trinajstić information content (AvgIpc) is 2.16. The van der Waals surface area contributed by atoms with E-state index < -0.39 is 12.0 Å². The summed E-state index contributed by atoms with van der Waals surface area (Å²) in [6.07, 6.45) is 0.279. The van der Waals surface area contributed by atoms with Crippen molar-refractivity contribution in [3.63, 3.8) is 0 Å². The lowest BCUT2D eigenvalue weighted by Crippen LogP contribution is -2.44. The summed E-state index contributed by atoms with van der Waals surface area (Å²) < 4.78 is 4.93. The molecule has 6 heteroatoms. The van der Waals surface area contributed by atoms with Crippen LogP contribution >= 0.6 is 0 Å². The molecular formula is C8H14N2O4. The second-order valence-electron chi connectivity index (χ2n) is 3.17. The van der Waals surface area contributed by atoms with Gasteiger partial charge >= 0.3 is 5.97 Å². The normalized spacial score (nSPS) is 19.5. The van der Waals surface area contributed by atoms with Crippen LogP contribution in [0.3, 0.4) is 0 Å². The fourth-order valence-corrected chi connectivity index (χ4v) is 1.21. The number of hydrogen-bond acceptors (Lipinski definition) is 4. The lowest BCUT2D eigenvalue weighted by atomic mass is 10.2. The molecule has 0 aromatic heterocycles. The van der Waals surface area contributed by atoms with Crippen molar-refractivity contribution in [3.8, 4) is 0 Å². The van der Waals surface area contributed by atoms with Gasteiger partial charge in [0.2, 0.25) is 5.91 Å².